The van der Waals surface area contributed by atoms with Gasteiger partial charge in [-0.2, -0.15) is 0 Å². The number of carbonyl (C=O) groups is 1. The number of hydrogen-bond donors (Lipinski definition) is 0. The van der Waals surface area contributed by atoms with Gasteiger partial charge in [0.15, 0.2) is 0 Å². The van der Waals surface area contributed by atoms with E-state index in [0.717, 1.165) is 31.4 Å². The van der Waals surface area contributed by atoms with Crippen LogP contribution in [0, 0.1) is 0 Å². The van der Waals surface area contributed by atoms with Crippen LogP contribution < -0.4 is 0 Å². The van der Waals surface area contributed by atoms with Crippen molar-refractivity contribution >= 4 is 29.0 Å². The highest BCUT2D eigenvalue weighted by Gasteiger charge is 2.34. The van der Waals surface area contributed by atoms with Crippen molar-refractivity contribution in [3.8, 4) is 0 Å². The van der Waals surface area contributed by atoms with Gasteiger partial charge in [-0.1, -0.05) is 42.1 Å². The van der Waals surface area contributed by atoms with Crippen LogP contribution in [0.5, 0.6) is 0 Å². The summed E-state index contributed by atoms with van der Waals surface area (Å²) in [6, 6.07) is 5.97. The lowest BCUT2D eigenvalue weighted by atomic mass is 9.91. The number of halogens is 2. The van der Waals surface area contributed by atoms with Gasteiger partial charge in [-0.05, 0) is 37.0 Å². The maximum absolute atomic E-state index is 11.6. The van der Waals surface area contributed by atoms with E-state index in [1.807, 2.05) is 18.2 Å². The van der Waals surface area contributed by atoms with Gasteiger partial charge in [-0.25, -0.2) is 0 Å². The number of hydrogen-bond acceptors (Lipinski definition) is 3. The monoisotopic (exact) mass is 355 g/mol. The molecule has 1 aromatic carbocycles. The van der Waals surface area contributed by atoms with Crippen LogP contribution in [0.1, 0.15) is 37.7 Å². The number of nitrogens with zero attached hydrogens (tertiary/aromatic N) is 1. The third-order valence-corrected chi connectivity index (χ3v) is 5.65. The fourth-order valence-corrected chi connectivity index (χ4v) is 4.30. The van der Waals surface area contributed by atoms with Gasteiger partial charge in [0, 0.05) is 29.1 Å². The molecule has 0 N–H and O–H groups in total. The van der Waals surface area contributed by atoms with Crippen molar-refractivity contribution < 1.29 is 9.53 Å². The molecule has 1 aliphatic heterocycles. The molecule has 5 heteroatoms. The van der Waals surface area contributed by atoms with Crippen LogP contribution in [-0.2, 0) is 16.0 Å². The second-order valence-electron chi connectivity index (χ2n) is 6.47. The SMILES string of the molecule is O=C1CCN([C@H]2CCCC[C@@H]2OCCc2c(Cl)cccc2Cl)C1. The Hall–Kier alpha value is -0.610. The molecule has 1 saturated carbocycles. The first-order valence-corrected chi connectivity index (χ1v) is 9.21. The molecule has 3 nitrogen and oxygen atoms in total. The molecule has 0 aromatic heterocycles. The second-order valence-corrected chi connectivity index (χ2v) is 7.28. The summed E-state index contributed by atoms with van der Waals surface area (Å²) in [4.78, 5) is 13.9. The number of benzene rings is 1. The van der Waals surface area contributed by atoms with Crippen molar-refractivity contribution in [2.24, 2.45) is 0 Å². The van der Waals surface area contributed by atoms with Crippen LogP contribution in [0.3, 0.4) is 0 Å². The van der Waals surface area contributed by atoms with Gasteiger partial charge in [0.05, 0.1) is 19.3 Å². The highest BCUT2D eigenvalue weighted by molar-refractivity contribution is 6.35. The summed E-state index contributed by atoms with van der Waals surface area (Å²) in [5, 5.41) is 1.40. The van der Waals surface area contributed by atoms with E-state index in [-0.39, 0.29) is 6.10 Å². The van der Waals surface area contributed by atoms with Crippen LogP contribution in [0.2, 0.25) is 10.0 Å². The standard InChI is InChI=1S/C18H23Cl2NO2/c19-15-4-3-5-16(20)14(15)9-11-23-18-7-2-1-6-17(18)21-10-8-13(22)12-21/h3-5,17-18H,1-2,6-12H2/t17-,18-/m0/s1. The van der Waals surface area contributed by atoms with Crippen molar-refractivity contribution in [1.82, 2.24) is 4.90 Å². The molecule has 1 aliphatic carbocycles. The van der Waals surface area contributed by atoms with Gasteiger partial charge < -0.3 is 4.74 Å². The number of rotatable bonds is 5. The molecule has 0 radical (unpaired) electrons. The largest absolute Gasteiger partial charge is 0.376 e. The summed E-state index contributed by atoms with van der Waals surface area (Å²) in [6.07, 6.45) is 6.27. The Morgan fingerprint density at radius 2 is 1.91 bits per heavy atom. The summed E-state index contributed by atoms with van der Waals surface area (Å²) in [7, 11) is 0. The Labute approximate surface area is 147 Å². The Morgan fingerprint density at radius 1 is 1.17 bits per heavy atom. The predicted octanol–water partition coefficient (Wildman–Crippen LogP) is 4.14. The van der Waals surface area contributed by atoms with Crippen molar-refractivity contribution in [1.29, 1.82) is 0 Å². The average molecular weight is 356 g/mol. The van der Waals surface area contributed by atoms with E-state index in [1.165, 1.54) is 12.8 Å². The molecule has 0 amide bonds. The van der Waals surface area contributed by atoms with Crippen LogP contribution in [-0.4, -0.2) is 42.5 Å². The minimum atomic E-state index is 0.218. The minimum absolute atomic E-state index is 0.218. The summed E-state index contributed by atoms with van der Waals surface area (Å²) in [5.41, 5.74) is 0.958. The van der Waals surface area contributed by atoms with Gasteiger partial charge in [0.25, 0.3) is 0 Å². The molecule has 3 rings (SSSR count). The van der Waals surface area contributed by atoms with E-state index in [0.29, 0.717) is 41.4 Å². The zero-order valence-electron chi connectivity index (χ0n) is 13.3. The molecule has 2 atom stereocenters. The molecule has 126 valence electrons. The second kappa shape index (κ2) is 7.98. The molecule has 1 saturated heterocycles. The molecule has 1 aromatic rings. The minimum Gasteiger partial charge on any atom is -0.376 e. The van der Waals surface area contributed by atoms with E-state index in [4.69, 9.17) is 27.9 Å². The van der Waals surface area contributed by atoms with E-state index >= 15 is 0 Å². The number of carbonyl (C=O) groups excluding carboxylic acids is 1. The van der Waals surface area contributed by atoms with Gasteiger partial charge >= 0.3 is 0 Å². The van der Waals surface area contributed by atoms with Gasteiger partial charge in [0.1, 0.15) is 5.78 Å². The lowest BCUT2D eigenvalue weighted by molar-refractivity contribution is -0.117. The third kappa shape index (κ3) is 4.27. The highest BCUT2D eigenvalue weighted by Crippen LogP contribution is 2.29. The first kappa shape index (κ1) is 17.2. The quantitative estimate of drug-likeness (QED) is 0.794. The van der Waals surface area contributed by atoms with Crippen molar-refractivity contribution in [2.45, 2.75) is 50.7 Å². The first-order valence-electron chi connectivity index (χ1n) is 8.45. The van der Waals surface area contributed by atoms with E-state index < -0.39 is 0 Å². The fraction of sp³-hybridized carbons (Fsp3) is 0.611. The highest BCUT2D eigenvalue weighted by atomic mass is 35.5. The van der Waals surface area contributed by atoms with E-state index in [9.17, 15) is 4.79 Å². The molecule has 0 bridgehead atoms. The van der Waals surface area contributed by atoms with Crippen molar-refractivity contribution in [2.75, 3.05) is 19.7 Å². The molecule has 1 heterocycles. The average Bonchev–Trinajstić information content (AvgIpc) is 2.97. The Balaban J connectivity index is 1.56. The molecule has 0 unspecified atom stereocenters. The van der Waals surface area contributed by atoms with Gasteiger partial charge in [0.2, 0.25) is 0 Å². The molecule has 2 fully saturated rings. The van der Waals surface area contributed by atoms with E-state index in [1.54, 1.807) is 0 Å². The van der Waals surface area contributed by atoms with Crippen molar-refractivity contribution in [3.05, 3.63) is 33.8 Å². The third-order valence-electron chi connectivity index (χ3n) is 4.94. The molecule has 23 heavy (non-hydrogen) atoms. The normalized spacial score (nSPS) is 25.9. The maximum atomic E-state index is 11.6. The Morgan fingerprint density at radius 3 is 2.61 bits per heavy atom. The van der Waals surface area contributed by atoms with Gasteiger partial charge in [-0.3, -0.25) is 9.69 Å². The zero-order valence-corrected chi connectivity index (χ0v) is 14.8. The summed E-state index contributed by atoms with van der Waals surface area (Å²) < 4.78 is 6.19. The summed E-state index contributed by atoms with van der Waals surface area (Å²) in [6.45, 7) is 2.10. The maximum Gasteiger partial charge on any atom is 0.148 e. The summed E-state index contributed by atoms with van der Waals surface area (Å²) >= 11 is 12.4. The first-order chi connectivity index (χ1) is 11.1. The number of ketones is 1. The van der Waals surface area contributed by atoms with E-state index in [2.05, 4.69) is 4.90 Å². The zero-order chi connectivity index (χ0) is 16.2. The lowest BCUT2D eigenvalue weighted by Crippen LogP contribution is -2.45. The molecular weight excluding hydrogens is 333 g/mol. The Kier molecular flexibility index (Phi) is 5.97. The van der Waals surface area contributed by atoms with Crippen molar-refractivity contribution in [3.63, 3.8) is 0 Å². The smallest absolute Gasteiger partial charge is 0.148 e. The topological polar surface area (TPSA) is 29.5 Å². The number of ether oxygens (including phenoxy) is 1. The predicted molar refractivity (Wildman–Crippen MR) is 93.4 cm³/mol. The van der Waals surface area contributed by atoms with Crippen LogP contribution in [0.25, 0.3) is 0 Å². The Bertz CT molecular complexity index is 544. The molecule has 0 spiro atoms. The number of Topliss-reactive ketones (excluding diaryl/α,β-unsaturated/α-hetero) is 1. The van der Waals surface area contributed by atoms with Crippen LogP contribution >= 0.6 is 23.2 Å². The molecule has 2 aliphatic rings. The fourth-order valence-electron chi connectivity index (χ4n) is 3.71. The van der Waals surface area contributed by atoms with Crippen LogP contribution in [0.15, 0.2) is 18.2 Å². The molecular formula is C18H23Cl2NO2. The van der Waals surface area contributed by atoms with Gasteiger partial charge in [-0.15, -0.1) is 0 Å². The lowest BCUT2D eigenvalue weighted by Gasteiger charge is -2.37. The number of likely N-dealkylation sites (tertiary alicyclic amines) is 1. The van der Waals surface area contributed by atoms with Crippen LogP contribution in [0.4, 0.5) is 0 Å². The summed E-state index contributed by atoms with van der Waals surface area (Å²) in [5.74, 6) is 0.358.